The molecule has 1 atom stereocenters. The molecular weight excluding hydrogens is 164 g/mol. The molecule has 1 saturated heterocycles. The summed E-state index contributed by atoms with van der Waals surface area (Å²) in [5.74, 6) is 0.256. The third-order valence-electron chi connectivity index (χ3n) is 2.26. The summed E-state index contributed by atoms with van der Waals surface area (Å²) in [6.45, 7) is 8.41. The molecule has 1 amide bonds. The second-order valence-corrected chi connectivity index (χ2v) is 5.12. The van der Waals surface area contributed by atoms with E-state index < -0.39 is 0 Å². The van der Waals surface area contributed by atoms with Crippen molar-refractivity contribution in [3.8, 4) is 0 Å². The van der Waals surface area contributed by atoms with Gasteiger partial charge in [-0.15, -0.1) is 0 Å². The summed E-state index contributed by atoms with van der Waals surface area (Å²) in [4.78, 5) is 13.0. The Bertz CT molecular complexity index is 196. The van der Waals surface area contributed by atoms with Crippen LogP contribution in [0.1, 0.15) is 27.2 Å². The number of likely N-dealkylation sites (tertiary alicyclic amines) is 1. The first-order valence-electron chi connectivity index (χ1n) is 4.86. The lowest BCUT2D eigenvalue weighted by Crippen LogP contribution is -2.37. The van der Waals surface area contributed by atoms with Gasteiger partial charge in [0.25, 0.3) is 0 Å². The quantitative estimate of drug-likeness (QED) is 0.690. The van der Waals surface area contributed by atoms with Crippen LogP contribution in [-0.4, -0.2) is 37.0 Å². The Kier molecular flexibility index (Phi) is 2.96. The van der Waals surface area contributed by atoms with E-state index in [0.29, 0.717) is 17.9 Å². The van der Waals surface area contributed by atoms with Crippen molar-refractivity contribution in [2.45, 2.75) is 33.2 Å². The molecule has 13 heavy (non-hydrogen) atoms. The fraction of sp³-hybridized carbons (Fsp3) is 0.900. The molecule has 0 aromatic carbocycles. The summed E-state index contributed by atoms with van der Waals surface area (Å²) in [6.07, 6.45) is 0.659. The minimum atomic E-state index is 0.256. The molecule has 1 heterocycles. The number of carbonyl (C=O) groups excluding carboxylic acids is 1. The Morgan fingerprint density at radius 3 is 2.54 bits per heavy atom. The van der Waals surface area contributed by atoms with E-state index in [9.17, 15) is 4.79 Å². The number of carbonyl (C=O) groups is 1. The van der Waals surface area contributed by atoms with E-state index in [4.69, 9.17) is 0 Å². The topological polar surface area (TPSA) is 32.3 Å². The van der Waals surface area contributed by atoms with Gasteiger partial charge in [-0.1, -0.05) is 20.8 Å². The van der Waals surface area contributed by atoms with E-state index in [1.807, 2.05) is 7.05 Å². The Labute approximate surface area is 80.5 Å². The van der Waals surface area contributed by atoms with E-state index in [1.54, 1.807) is 4.90 Å². The minimum Gasteiger partial charge on any atom is -0.344 e. The van der Waals surface area contributed by atoms with E-state index in [-0.39, 0.29) is 5.91 Å². The molecule has 76 valence electrons. The number of amides is 1. The van der Waals surface area contributed by atoms with E-state index in [1.165, 1.54) is 0 Å². The minimum absolute atomic E-state index is 0.256. The van der Waals surface area contributed by atoms with Gasteiger partial charge in [-0.2, -0.15) is 0 Å². The van der Waals surface area contributed by atoms with Gasteiger partial charge in [0.1, 0.15) is 0 Å². The second kappa shape index (κ2) is 3.66. The molecule has 3 heteroatoms. The maximum absolute atomic E-state index is 11.2. The number of likely N-dealkylation sites (N-methyl/N-ethyl adjacent to an activating group) is 1. The standard InChI is InChI=1S/C10H20N2O/c1-10(2,3)7-11-8-5-9(13)12(4)6-8/h8,11H,5-7H2,1-4H3. The van der Waals surface area contributed by atoms with Gasteiger partial charge in [-0.05, 0) is 5.41 Å². The predicted molar refractivity (Wildman–Crippen MR) is 53.5 cm³/mol. The first-order chi connectivity index (χ1) is 5.88. The molecule has 1 fully saturated rings. The van der Waals surface area contributed by atoms with Crippen molar-refractivity contribution in [3.63, 3.8) is 0 Å². The van der Waals surface area contributed by atoms with Gasteiger partial charge in [0.05, 0.1) is 0 Å². The molecule has 1 aliphatic rings. The van der Waals surface area contributed by atoms with Crippen LogP contribution in [-0.2, 0) is 4.79 Å². The van der Waals surface area contributed by atoms with Crippen molar-refractivity contribution in [2.24, 2.45) is 5.41 Å². The number of nitrogens with zero attached hydrogens (tertiary/aromatic N) is 1. The van der Waals surface area contributed by atoms with Gasteiger partial charge < -0.3 is 10.2 Å². The van der Waals surface area contributed by atoms with E-state index >= 15 is 0 Å². The molecule has 1 unspecified atom stereocenters. The highest BCUT2D eigenvalue weighted by molar-refractivity contribution is 5.78. The molecule has 0 bridgehead atoms. The summed E-state index contributed by atoms with van der Waals surface area (Å²) in [5.41, 5.74) is 0.296. The second-order valence-electron chi connectivity index (χ2n) is 5.12. The molecule has 0 spiro atoms. The first-order valence-corrected chi connectivity index (χ1v) is 4.86. The third kappa shape index (κ3) is 3.35. The summed E-state index contributed by atoms with van der Waals surface area (Å²) < 4.78 is 0. The predicted octanol–water partition coefficient (Wildman–Crippen LogP) is 0.853. The van der Waals surface area contributed by atoms with Gasteiger partial charge in [0, 0.05) is 32.6 Å². The van der Waals surface area contributed by atoms with Crippen molar-refractivity contribution in [1.29, 1.82) is 0 Å². The fourth-order valence-electron chi connectivity index (χ4n) is 1.45. The van der Waals surface area contributed by atoms with Gasteiger partial charge in [-0.25, -0.2) is 0 Å². The molecule has 3 nitrogen and oxygen atoms in total. The highest BCUT2D eigenvalue weighted by Crippen LogP contribution is 2.13. The zero-order valence-electron chi connectivity index (χ0n) is 9.05. The normalized spacial score (nSPS) is 24.2. The Morgan fingerprint density at radius 1 is 1.54 bits per heavy atom. The van der Waals surface area contributed by atoms with Crippen LogP contribution < -0.4 is 5.32 Å². The first kappa shape index (κ1) is 10.5. The zero-order valence-corrected chi connectivity index (χ0v) is 9.05. The summed E-state index contributed by atoms with van der Waals surface area (Å²) >= 11 is 0. The van der Waals surface area contributed by atoms with Crippen LogP contribution in [0.15, 0.2) is 0 Å². The smallest absolute Gasteiger partial charge is 0.224 e. The van der Waals surface area contributed by atoms with Gasteiger partial charge in [0.2, 0.25) is 5.91 Å². The van der Waals surface area contributed by atoms with Crippen LogP contribution in [0.2, 0.25) is 0 Å². The molecule has 1 N–H and O–H groups in total. The van der Waals surface area contributed by atoms with Crippen LogP contribution in [0.4, 0.5) is 0 Å². The lowest BCUT2D eigenvalue weighted by molar-refractivity contribution is -0.126. The molecule has 1 rings (SSSR count). The van der Waals surface area contributed by atoms with Gasteiger partial charge >= 0.3 is 0 Å². The fourth-order valence-corrected chi connectivity index (χ4v) is 1.45. The Morgan fingerprint density at radius 2 is 2.15 bits per heavy atom. The van der Waals surface area contributed by atoms with Crippen LogP contribution in [0.25, 0.3) is 0 Å². The molecule has 0 aliphatic carbocycles. The zero-order chi connectivity index (χ0) is 10.1. The van der Waals surface area contributed by atoms with Crippen molar-refractivity contribution in [1.82, 2.24) is 10.2 Å². The van der Waals surface area contributed by atoms with Crippen LogP contribution in [0.5, 0.6) is 0 Å². The maximum Gasteiger partial charge on any atom is 0.224 e. The van der Waals surface area contributed by atoms with Crippen molar-refractivity contribution < 1.29 is 4.79 Å². The molecule has 0 saturated carbocycles. The molecule has 0 aromatic heterocycles. The van der Waals surface area contributed by atoms with Crippen LogP contribution in [0, 0.1) is 5.41 Å². The number of nitrogens with one attached hydrogen (secondary N) is 1. The highest BCUT2D eigenvalue weighted by atomic mass is 16.2. The Balaban J connectivity index is 2.29. The van der Waals surface area contributed by atoms with E-state index in [0.717, 1.165) is 13.1 Å². The van der Waals surface area contributed by atoms with Crippen molar-refractivity contribution in [3.05, 3.63) is 0 Å². The van der Waals surface area contributed by atoms with Crippen molar-refractivity contribution >= 4 is 5.91 Å². The summed E-state index contributed by atoms with van der Waals surface area (Å²) in [6, 6.07) is 0.358. The molecular formula is C10H20N2O. The lowest BCUT2D eigenvalue weighted by atomic mass is 9.96. The Hall–Kier alpha value is -0.570. The number of hydrogen-bond acceptors (Lipinski definition) is 2. The lowest BCUT2D eigenvalue weighted by Gasteiger charge is -2.21. The highest BCUT2D eigenvalue weighted by Gasteiger charge is 2.27. The maximum atomic E-state index is 11.2. The van der Waals surface area contributed by atoms with Crippen LogP contribution >= 0.6 is 0 Å². The van der Waals surface area contributed by atoms with Crippen LogP contribution in [0.3, 0.4) is 0 Å². The van der Waals surface area contributed by atoms with Crippen molar-refractivity contribution in [2.75, 3.05) is 20.1 Å². The average Bonchev–Trinajstić information content (AvgIpc) is 2.27. The number of rotatable bonds is 2. The largest absolute Gasteiger partial charge is 0.344 e. The van der Waals surface area contributed by atoms with E-state index in [2.05, 4.69) is 26.1 Å². The number of hydrogen-bond donors (Lipinski definition) is 1. The summed E-state index contributed by atoms with van der Waals surface area (Å²) in [7, 11) is 1.86. The van der Waals surface area contributed by atoms with Gasteiger partial charge in [-0.3, -0.25) is 4.79 Å². The molecule has 0 radical (unpaired) electrons. The average molecular weight is 184 g/mol. The molecule has 0 aromatic rings. The van der Waals surface area contributed by atoms with Gasteiger partial charge in [0.15, 0.2) is 0 Å². The third-order valence-corrected chi connectivity index (χ3v) is 2.26. The molecule has 1 aliphatic heterocycles. The summed E-state index contributed by atoms with van der Waals surface area (Å²) in [5, 5.41) is 3.42. The SMILES string of the molecule is CN1CC(NCC(C)(C)C)CC1=O. The monoisotopic (exact) mass is 184 g/mol.